The summed E-state index contributed by atoms with van der Waals surface area (Å²) in [5.41, 5.74) is 3.22. The summed E-state index contributed by atoms with van der Waals surface area (Å²) in [6.07, 6.45) is 6.85. The molecule has 0 aliphatic heterocycles. The first-order valence-corrected chi connectivity index (χ1v) is 8.16. The highest BCUT2D eigenvalue weighted by Gasteiger charge is 2.13. The Hall–Kier alpha value is -1.81. The van der Waals surface area contributed by atoms with Gasteiger partial charge in [0.25, 0.3) is 0 Å². The van der Waals surface area contributed by atoms with E-state index in [1.165, 1.54) is 37.7 Å². The molecule has 0 amide bonds. The van der Waals surface area contributed by atoms with Gasteiger partial charge >= 0.3 is 0 Å². The van der Waals surface area contributed by atoms with Gasteiger partial charge in [-0.25, -0.2) is 0 Å². The second-order valence-electron chi connectivity index (χ2n) is 6.05. The summed E-state index contributed by atoms with van der Waals surface area (Å²) in [4.78, 5) is 0. The minimum absolute atomic E-state index is 0.448. The quantitative estimate of drug-likeness (QED) is 0.856. The van der Waals surface area contributed by atoms with E-state index in [1.54, 1.807) is 0 Å². The summed E-state index contributed by atoms with van der Waals surface area (Å²) < 4.78 is 11.1. The summed E-state index contributed by atoms with van der Waals surface area (Å²) in [6, 6.07) is 10.3. The number of aryl methyl sites for hydroxylation is 1. The molecule has 0 bridgehead atoms. The zero-order valence-electron chi connectivity index (χ0n) is 13.2. The van der Waals surface area contributed by atoms with E-state index in [0.29, 0.717) is 19.3 Å². The molecule has 2 aromatic rings. The molecule has 4 heteroatoms. The van der Waals surface area contributed by atoms with Crippen molar-refractivity contribution < 1.29 is 9.26 Å². The van der Waals surface area contributed by atoms with Crippen LogP contribution in [0.15, 0.2) is 34.9 Å². The van der Waals surface area contributed by atoms with Gasteiger partial charge in [0, 0.05) is 11.8 Å². The largest absolute Gasteiger partial charge is 0.379 e. The second kappa shape index (κ2) is 7.45. The van der Waals surface area contributed by atoms with Crippen LogP contribution in [0.3, 0.4) is 0 Å². The maximum atomic E-state index is 6.03. The van der Waals surface area contributed by atoms with E-state index < -0.39 is 0 Å². The standard InChI is InChI=1S/C18H24N2O2/c1-14-10-17(20-22-14)12-19-16-7-5-6-15(11-16)13-21-18-8-3-2-4-9-18/h5-7,10-11,18-19H,2-4,8-9,12-13H2,1H3. The average Bonchev–Trinajstić information content (AvgIpc) is 2.98. The van der Waals surface area contributed by atoms with Crippen molar-refractivity contribution in [3.63, 3.8) is 0 Å². The molecule has 1 fully saturated rings. The zero-order valence-corrected chi connectivity index (χ0v) is 13.2. The van der Waals surface area contributed by atoms with E-state index in [4.69, 9.17) is 9.26 Å². The minimum atomic E-state index is 0.448. The zero-order chi connectivity index (χ0) is 15.2. The molecular weight excluding hydrogens is 276 g/mol. The van der Waals surface area contributed by atoms with Crippen LogP contribution in [-0.2, 0) is 17.9 Å². The van der Waals surface area contributed by atoms with Crippen molar-refractivity contribution >= 4 is 5.69 Å². The molecular formula is C18H24N2O2. The number of nitrogens with one attached hydrogen (secondary N) is 1. The fraction of sp³-hybridized carbons (Fsp3) is 0.500. The molecule has 1 aromatic heterocycles. The van der Waals surface area contributed by atoms with Gasteiger partial charge in [-0.05, 0) is 37.5 Å². The monoisotopic (exact) mass is 300 g/mol. The molecule has 0 saturated heterocycles. The number of benzene rings is 1. The molecule has 0 unspecified atom stereocenters. The topological polar surface area (TPSA) is 47.3 Å². The Morgan fingerprint density at radius 1 is 1.23 bits per heavy atom. The van der Waals surface area contributed by atoms with E-state index in [2.05, 4.69) is 34.7 Å². The Kier molecular flexibility index (Phi) is 5.11. The van der Waals surface area contributed by atoms with E-state index >= 15 is 0 Å². The molecule has 3 rings (SSSR count). The fourth-order valence-corrected chi connectivity index (χ4v) is 2.91. The van der Waals surface area contributed by atoms with Gasteiger partial charge in [0.1, 0.15) is 11.5 Å². The van der Waals surface area contributed by atoms with Crippen molar-refractivity contribution in [3.8, 4) is 0 Å². The third-order valence-electron chi connectivity index (χ3n) is 4.12. The maximum Gasteiger partial charge on any atom is 0.133 e. The number of aromatic nitrogens is 1. The van der Waals surface area contributed by atoms with Crippen LogP contribution in [0.25, 0.3) is 0 Å². The lowest BCUT2D eigenvalue weighted by molar-refractivity contribution is 0.0169. The minimum Gasteiger partial charge on any atom is -0.379 e. The summed E-state index contributed by atoms with van der Waals surface area (Å²) >= 11 is 0. The van der Waals surface area contributed by atoms with Crippen molar-refractivity contribution in [2.45, 2.75) is 58.3 Å². The highest BCUT2D eigenvalue weighted by molar-refractivity contribution is 5.45. The first kappa shape index (κ1) is 15.1. The van der Waals surface area contributed by atoms with Crippen LogP contribution in [0.1, 0.15) is 49.1 Å². The molecule has 1 aliphatic rings. The number of hydrogen-bond acceptors (Lipinski definition) is 4. The SMILES string of the molecule is Cc1cc(CNc2cccc(COC3CCCCC3)c2)no1. The van der Waals surface area contributed by atoms with Gasteiger partial charge in [0.15, 0.2) is 0 Å². The molecule has 4 nitrogen and oxygen atoms in total. The van der Waals surface area contributed by atoms with Crippen molar-refractivity contribution in [1.82, 2.24) is 5.16 Å². The summed E-state index contributed by atoms with van der Waals surface area (Å²) in [7, 11) is 0. The van der Waals surface area contributed by atoms with E-state index in [0.717, 1.165) is 17.1 Å². The van der Waals surface area contributed by atoms with Crippen molar-refractivity contribution in [1.29, 1.82) is 0 Å². The van der Waals surface area contributed by atoms with Gasteiger partial charge in [-0.1, -0.05) is 36.6 Å². The number of anilines is 1. The van der Waals surface area contributed by atoms with Gasteiger partial charge < -0.3 is 14.6 Å². The van der Waals surface area contributed by atoms with Crippen LogP contribution in [0, 0.1) is 6.92 Å². The van der Waals surface area contributed by atoms with Crippen LogP contribution < -0.4 is 5.32 Å². The number of ether oxygens (including phenoxy) is 1. The molecule has 118 valence electrons. The lowest BCUT2D eigenvalue weighted by atomic mass is 9.98. The third-order valence-corrected chi connectivity index (χ3v) is 4.12. The van der Waals surface area contributed by atoms with Crippen LogP contribution in [0.2, 0.25) is 0 Å². The Balaban J connectivity index is 1.50. The molecule has 1 heterocycles. The van der Waals surface area contributed by atoms with Crippen molar-refractivity contribution in [2.24, 2.45) is 0 Å². The normalized spacial score (nSPS) is 15.9. The molecule has 0 atom stereocenters. The Morgan fingerprint density at radius 2 is 2.09 bits per heavy atom. The van der Waals surface area contributed by atoms with Gasteiger partial charge in [0.05, 0.1) is 19.3 Å². The summed E-state index contributed by atoms with van der Waals surface area (Å²) in [5, 5.41) is 7.36. The first-order chi connectivity index (χ1) is 10.8. The Bertz CT molecular complexity index is 588. The first-order valence-electron chi connectivity index (χ1n) is 8.16. The van der Waals surface area contributed by atoms with E-state index in [9.17, 15) is 0 Å². The van der Waals surface area contributed by atoms with E-state index in [1.807, 2.05) is 13.0 Å². The van der Waals surface area contributed by atoms with Gasteiger partial charge in [-0.3, -0.25) is 0 Å². The van der Waals surface area contributed by atoms with Crippen molar-refractivity contribution in [3.05, 3.63) is 47.3 Å². The molecule has 1 saturated carbocycles. The van der Waals surface area contributed by atoms with Crippen molar-refractivity contribution in [2.75, 3.05) is 5.32 Å². The molecule has 0 radical (unpaired) electrons. The predicted molar refractivity (Wildman–Crippen MR) is 86.7 cm³/mol. The molecule has 1 N–H and O–H groups in total. The van der Waals surface area contributed by atoms with Gasteiger partial charge in [-0.2, -0.15) is 0 Å². The smallest absolute Gasteiger partial charge is 0.133 e. The average molecular weight is 300 g/mol. The molecule has 22 heavy (non-hydrogen) atoms. The van der Waals surface area contributed by atoms with E-state index in [-0.39, 0.29) is 0 Å². The fourth-order valence-electron chi connectivity index (χ4n) is 2.91. The lowest BCUT2D eigenvalue weighted by Crippen LogP contribution is -2.16. The molecule has 1 aliphatic carbocycles. The van der Waals surface area contributed by atoms with Gasteiger partial charge in [-0.15, -0.1) is 0 Å². The predicted octanol–water partition coefficient (Wildman–Crippen LogP) is 4.44. The third kappa shape index (κ3) is 4.34. The van der Waals surface area contributed by atoms with Crippen LogP contribution in [0.4, 0.5) is 5.69 Å². The summed E-state index contributed by atoms with van der Waals surface area (Å²) in [5.74, 6) is 0.839. The molecule has 1 aromatic carbocycles. The molecule has 0 spiro atoms. The van der Waals surface area contributed by atoms with Crippen LogP contribution >= 0.6 is 0 Å². The Labute approximate surface area is 131 Å². The highest BCUT2D eigenvalue weighted by Crippen LogP contribution is 2.22. The number of hydrogen-bond donors (Lipinski definition) is 1. The highest BCUT2D eigenvalue weighted by atomic mass is 16.5. The second-order valence-corrected chi connectivity index (χ2v) is 6.05. The summed E-state index contributed by atoms with van der Waals surface area (Å²) in [6.45, 7) is 3.27. The maximum absolute atomic E-state index is 6.03. The number of rotatable bonds is 6. The van der Waals surface area contributed by atoms with Crippen LogP contribution in [0.5, 0.6) is 0 Å². The Morgan fingerprint density at radius 3 is 2.86 bits per heavy atom. The lowest BCUT2D eigenvalue weighted by Gasteiger charge is -2.22. The van der Waals surface area contributed by atoms with Gasteiger partial charge in [0.2, 0.25) is 0 Å². The van der Waals surface area contributed by atoms with Crippen LogP contribution in [-0.4, -0.2) is 11.3 Å². The number of nitrogens with zero attached hydrogens (tertiary/aromatic N) is 1.